The Bertz CT molecular complexity index is 549. The molecular formula is C11H17Cl2N3O2S. The number of halogens is 2. The Hall–Kier alpha value is -0.530. The number of rotatable bonds is 6. The number of likely N-dealkylation sites (N-methyl/N-ethyl adjacent to an activating group) is 1. The smallest absolute Gasteiger partial charge is 0.242 e. The third kappa shape index (κ3) is 4.22. The first-order chi connectivity index (χ1) is 8.79. The molecule has 0 atom stereocenters. The predicted octanol–water partition coefficient (Wildman–Crippen LogP) is 1.81. The first kappa shape index (κ1) is 16.5. The molecule has 8 heteroatoms. The maximum absolute atomic E-state index is 12.1. The Morgan fingerprint density at radius 3 is 2.58 bits per heavy atom. The molecule has 0 amide bonds. The highest BCUT2D eigenvalue weighted by atomic mass is 35.5. The normalized spacial score (nSPS) is 12.1. The highest BCUT2D eigenvalue weighted by Gasteiger charge is 2.20. The van der Waals surface area contributed by atoms with Crippen molar-refractivity contribution in [2.45, 2.75) is 11.8 Å². The molecule has 0 aliphatic rings. The van der Waals surface area contributed by atoms with Gasteiger partial charge in [-0.05, 0) is 25.7 Å². The molecule has 5 nitrogen and oxygen atoms in total. The number of anilines is 1. The lowest BCUT2D eigenvalue weighted by Gasteiger charge is -2.15. The summed E-state index contributed by atoms with van der Waals surface area (Å²) in [6.45, 7) is 3.74. The Kier molecular flexibility index (Phi) is 5.88. The number of nitrogens with zero attached hydrogens (tertiary/aromatic N) is 1. The SMILES string of the molecule is CCN(C)CCNS(=O)(=O)c1ccc(Cl)c(N)c1Cl. The first-order valence-electron chi connectivity index (χ1n) is 5.71. The van der Waals surface area contributed by atoms with Crippen LogP contribution in [0.3, 0.4) is 0 Å². The molecule has 0 unspecified atom stereocenters. The number of nitrogens with two attached hydrogens (primary N) is 1. The van der Waals surface area contributed by atoms with Crippen molar-refractivity contribution in [3.05, 3.63) is 22.2 Å². The minimum Gasteiger partial charge on any atom is -0.396 e. The van der Waals surface area contributed by atoms with E-state index >= 15 is 0 Å². The summed E-state index contributed by atoms with van der Waals surface area (Å²) in [6.07, 6.45) is 0. The fourth-order valence-electron chi connectivity index (χ4n) is 1.36. The van der Waals surface area contributed by atoms with E-state index in [1.54, 1.807) is 0 Å². The highest BCUT2D eigenvalue weighted by molar-refractivity contribution is 7.89. The first-order valence-corrected chi connectivity index (χ1v) is 7.95. The maximum Gasteiger partial charge on any atom is 0.242 e. The number of hydrogen-bond donors (Lipinski definition) is 2. The zero-order valence-electron chi connectivity index (χ0n) is 10.8. The van der Waals surface area contributed by atoms with Crippen LogP contribution < -0.4 is 10.5 Å². The van der Waals surface area contributed by atoms with Gasteiger partial charge in [0.15, 0.2) is 0 Å². The van der Waals surface area contributed by atoms with Crippen LogP contribution in [0.5, 0.6) is 0 Å². The summed E-state index contributed by atoms with van der Waals surface area (Å²) in [5.74, 6) is 0. The molecular weight excluding hydrogens is 309 g/mol. The van der Waals surface area contributed by atoms with E-state index < -0.39 is 10.0 Å². The molecule has 0 aliphatic carbocycles. The summed E-state index contributed by atoms with van der Waals surface area (Å²) in [6, 6.07) is 2.75. The van der Waals surface area contributed by atoms with E-state index in [1.807, 2.05) is 18.9 Å². The van der Waals surface area contributed by atoms with Gasteiger partial charge in [-0.15, -0.1) is 0 Å². The van der Waals surface area contributed by atoms with Crippen molar-refractivity contribution in [1.29, 1.82) is 0 Å². The van der Waals surface area contributed by atoms with Gasteiger partial charge < -0.3 is 10.6 Å². The van der Waals surface area contributed by atoms with Crippen LogP contribution in [0.4, 0.5) is 5.69 Å². The predicted molar refractivity (Wildman–Crippen MR) is 79.2 cm³/mol. The number of nitrogen functional groups attached to an aromatic ring is 1. The van der Waals surface area contributed by atoms with Gasteiger partial charge in [0, 0.05) is 13.1 Å². The van der Waals surface area contributed by atoms with E-state index in [-0.39, 0.29) is 20.6 Å². The fraction of sp³-hybridized carbons (Fsp3) is 0.455. The van der Waals surface area contributed by atoms with Crippen LogP contribution in [0, 0.1) is 0 Å². The van der Waals surface area contributed by atoms with Gasteiger partial charge in [-0.3, -0.25) is 0 Å². The Balaban J connectivity index is 2.87. The van der Waals surface area contributed by atoms with Crippen LogP contribution in [0.1, 0.15) is 6.92 Å². The fourth-order valence-corrected chi connectivity index (χ4v) is 3.15. The van der Waals surface area contributed by atoms with Crippen LogP contribution in [0.15, 0.2) is 17.0 Å². The number of sulfonamides is 1. The van der Waals surface area contributed by atoms with Gasteiger partial charge in [0.05, 0.1) is 15.7 Å². The molecule has 0 saturated heterocycles. The van der Waals surface area contributed by atoms with E-state index in [0.717, 1.165) is 6.54 Å². The molecule has 0 radical (unpaired) electrons. The van der Waals surface area contributed by atoms with Crippen LogP contribution in [0.2, 0.25) is 10.0 Å². The van der Waals surface area contributed by atoms with E-state index in [2.05, 4.69) is 4.72 Å². The maximum atomic E-state index is 12.1. The van der Waals surface area contributed by atoms with Crippen LogP contribution >= 0.6 is 23.2 Å². The summed E-state index contributed by atoms with van der Waals surface area (Å²) in [4.78, 5) is 1.93. The van der Waals surface area contributed by atoms with Crippen LogP contribution in [-0.4, -0.2) is 40.0 Å². The summed E-state index contributed by atoms with van der Waals surface area (Å²) in [7, 11) is -1.78. The molecule has 0 bridgehead atoms. The monoisotopic (exact) mass is 325 g/mol. The topological polar surface area (TPSA) is 75.4 Å². The molecule has 0 saturated carbocycles. The average Bonchev–Trinajstić information content (AvgIpc) is 2.35. The zero-order valence-corrected chi connectivity index (χ0v) is 13.1. The highest BCUT2D eigenvalue weighted by Crippen LogP contribution is 2.32. The number of benzene rings is 1. The second kappa shape index (κ2) is 6.76. The van der Waals surface area contributed by atoms with E-state index in [0.29, 0.717) is 13.1 Å². The molecule has 108 valence electrons. The molecule has 0 heterocycles. The van der Waals surface area contributed by atoms with Crippen molar-refractivity contribution >= 4 is 38.9 Å². The van der Waals surface area contributed by atoms with Gasteiger partial charge in [-0.2, -0.15) is 0 Å². The third-order valence-electron chi connectivity index (χ3n) is 2.71. The third-order valence-corrected chi connectivity index (χ3v) is 5.06. The van der Waals surface area contributed by atoms with Gasteiger partial charge in [-0.1, -0.05) is 30.1 Å². The lowest BCUT2D eigenvalue weighted by atomic mass is 10.3. The van der Waals surface area contributed by atoms with Gasteiger partial charge >= 0.3 is 0 Å². The Morgan fingerprint density at radius 2 is 2.00 bits per heavy atom. The second-order valence-electron chi connectivity index (χ2n) is 4.07. The molecule has 1 aromatic carbocycles. The average molecular weight is 326 g/mol. The van der Waals surface area contributed by atoms with Crippen molar-refractivity contribution in [1.82, 2.24) is 9.62 Å². The minimum absolute atomic E-state index is 0.0520. The van der Waals surface area contributed by atoms with E-state index in [4.69, 9.17) is 28.9 Å². The summed E-state index contributed by atoms with van der Waals surface area (Å²) >= 11 is 11.7. The van der Waals surface area contributed by atoms with Crippen molar-refractivity contribution in [2.24, 2.45) is 0 Å². The summed E-state index contributed by atoms with van der Waals surface area (Å²) in [5.41, 5.74) is 5.68. The van der Waals surface area contributed by atoms with Crippen LogP contribution in [-0.2, 0) is 10.0 Å². The standard InChI is InChI=1S/C11H17Cl2N3O2S/c1-3-16(2)7-6-15-19(17,18)9-5-4-8(12)11(14)10(9)13/h4-5,15H,3,6-7,14H2,1-2H3. The molecule has 0 aliphatic heterocycles. The minimum atomic E-state index is -3.68. The molecule has 0 fully saturated rings. The molecule has 0 aromatic heterocycles. The Labute approximate surface area is 123 Å². The van der Waals surface area contributed by atoms with Crippen molar-refractivity contribution in [3.8, 4) is 0 Å². The largest absolute Gasteiger partial charge is 0.396 e. The number of nitrogens with one attached hydrogen (secondary N) is 1. The molecule has 19 heavy (non-hydrogen) atoms. The quantitative estimate of drug-likeness (QED) is 0.782. The van der Waals surface area contributed by atoms with E-state index in [1.165, 1.54) is 12.1 Å². The van der Waals surface area contributed by atoms with Crippen molar-refractivity contribution in [2.75, 3.05) is 32.4 Å². The van der Waals surface area contributed by atoms with Gasteiger partial charge in [0.2, 0.25) is 10.0 Å². The van der Waals surface area contributed by atoms with Gasteiger partial charge in [0.1, 0.15) is 4.90 Å². The van der Waals surface area contributed by atoms with Gasteiger partial charge in [0.25, 0.3) is 0 Å². The van der Waals surface area contributed by atoms with Crippen LogP contribution in [0.25, 0.3) is 0 Å². The lowest BCUT2D eigenvalue weighted by molar-refractivity contribution is 0.358. The molecule has 1 rings (SSSR count). The number of hydrogen-bond acceptors (Lipinski definition) is 4. The Morgan fingerprint density at radius 1 is 1.37 bits per heavy atom. The second-order valence-corrected chi connectivity index (χ2v) is 6.59. The van der Waals surface area contributed by atoms with Crippen molar-refractivity contribution in [3.63, 3.8) is 0 Å². The zero-order chi connectivity index (χ0) is 14.6. The van der Waals surface area contributed by atoms with Gasteiger partial charge in [-0.25, -0.2) is 13.1 Å². The lowest BCUT2D eigenvalue weighted by Crippen LogP contribution is -2.33. The summed E-state index contributed by atoms with van der Waals surface area (Å²) < 4.78 is 26.6. The molecule has 1 aromatic rings. The van der Waals surface area contributed by atoms with Crippen molar-refractivity contribution < 1.29 is 8.42 Å². The van der Waals surface area contributed by atoms with E-state index in [9.17, 15) is 8.42 Å². The molecule has 3 N–H and O–H groups in total. The molecule has 0 spiro atoms. The summed E-state index contributed by atoms with van der Waals surface area (Å²) in [5, 5.41) is 0.179.